The van der Waals surface area contributed by atoms with Gasteiger partial charge in [0, 0.05) is 12.4 Å². The fourth-order valence-electron chi connectivity index (χ4n) is 1.49. The van der Waals surface area contributed by atoms with Gasteiger partial charge in [-0.25, -0.2) is 8.42 Å². The van der Waals surface area contributed by atoms with Crippen molar-refractivity contribution in [1.29, 1.82) is 0 Å². The van der Waals surface area contributed by atoms with Crippen LogP contribution in [0.15, 0.2) is 23.4 Å². The van der Waals surface area contributed by atoms with Gasteiger partial charge in [-0.2, -0.15) is 4.72 Å². The summed E-state index contributed by atoms with van der Waals surface area (Å²) in [7, 11) is -3.73. The highest BCUT2D eigenvalue weighted by Crippen LogP contribution is 2.33. The van der Waals surface area contributed by atoms with E-state index in [9.17, 15) is 13.2 Å². The minimum absolute atomic E-state index is 0.0550. The van der Waals surface area contributed by atoms with Gasteiger partial charge in [0.05, 0.1) is 4.90 Å². The second-order valence-electron chi connectivity index (χ2n) is 3.82. The van der Waals surface area contributed by atoms with Gasteiger partial charge in [-0.05, 0) is 24.8 Å². The summed E-state index contributed by atoms with van der Waals surface area (Å²) >= 11 is 0. The third-order valence-corrected chi connectivity index (χ3v) is 3.96. The van der Waals surface area contributed by atoms with Crippen LogP contribution in [0.4, 0.5) is 0 Å². The quantitative estimate of drug-likeness (QED) is 0.686. The molecule has 0 aliphatic heterocycles. The van der Waals surface area contributed by atoms with E-state index in [0.29, 0.717) is 0 Å². The number of aromatic nitrogens is 1. The van der Waals surface area contributed by atoms with Crippen LogP contribution in [0.3, 0.4) is 0 Å². The van der Waals surface area contributed by atoms with E-state index < -0.39 is 22.0 Å². The van der Waals surface area contributed by atoms with Gasteiger partial charge >= 0.3 is 5.97 Å². The number of aromatic amines is 1. The van der Waals surface area contributed by atoms with Crippen molar-refractivity contribution in [3.05, 3.63) is 18.5 Å². The number of carboxylic acid groups (broad SMARTS) is 1. The zero-order valence-electron chi connectivity index (χ0n) is 8.38. The standard InChI is InChI=1S/C9H12N2O4S/c12-9(13)8(6-1-2-6)11-16(14,15)7-3-4-10-5-7/h3-6,8,10-11H,1-2H2,(H,12,13). The number of nitrogens with one attached hydrogen (secondary N) is 2. The van der Waals surface area contributed by atoms with E-state index in [-0.39, 0.29) is 10.8 Å². The summed E-state index contributed by atoms with van der Waals surface area (Å²) in [5.74, 6) is -1.20. The average molecular weight is 244 g/mol. The first-order chi connectivity index (χ1) is 7.50. The van der Waals surface area contributed by atoms with Crippen LogP contribution in [0.5, 0.6) is 0 Å². The first kappa shape index (κ1) is 11.2. The maximum absolute atomic E-state index is 11.7. The van der Waals surface area contributed by atoms with Crippen LogP contribution < -0.4 is 4.72 Å². The lowest BCUT2D eigenvalue weighted by Gasteiger charge is -2.12. The monoisotopic (exact) mass is 244 g/mol. The number of aliphatic carboxylic acids is 1. The Morgan fingerprint density at radius 2 is 2.25 bits per heavy atom. The predicted molar refractivity (Wildman–Crippen MR) is 55.3 cm³/mol. The van der Waals surface area contributed by atoms with Crippen LogP contribution in [-0.4, -0.2) is 30.5 Å². The zero-order valence-corrected chi connectivity index (χ0v) is 9.20. The first-order valence-corrected chi connectivity index (χ1v) is 6.37. The third-order valence-electron chi connectivity index (χ3n) is 2.52. The molecule has 0 spiro atoms. The Bertz CT molecular complexity index is 476. The molecule has 6 nitrogen and oxygen atoms in total. The van der Waals surface area contributed by atoms with E-state index in [0.717, 1.165) is 12.8 Å². The Kier molecular flexibility index (Phi) is 2.73. The van der Waals surface area contributed by atoms with Crippen molar-refractivity contribution >= 4 is 16.0 Å². The summed E-state index contributed by atoms with van der Waals surface area (Å²) in [4.78, 5) is 13.6. The second kappa shape index (κ2) is 3.91. The van der Waals surface area contributed by atoms with Crippen molar-refractivity contribution in [2.45, 2.75) is 23.8 Å². The molecular weight excluding hydrogens is 232 g/mol. The summed E-state index contributed by atoms with van der Waals surface area (Å²) in [6.07, 6.45) is 4.30. The van der Waals surface area contributed by atoms with Crippen LogP contribution in [0.25, 0.3) is 0 Å². The van der Waals surface area contributed by atoms with Gasteiger partial charge < -0.3 is 10.1 Å². The van der Waals surface area contributed by atoms with E-state index in [2.05, 4.69) is 9.71 Å². The van der Waals surface area contributed by atoms with E-state index in [1.54, 1.807) is 0 Å². The Hall–Kier alpha value is -1.34. The zero-order chi connectivity index (χ0) is 11.8. The Balaban J connectivity index is 2.16. The molecule has 1 aromatic heterocycles. The molecule has 3 N–H and O–H groups in total. The van der Waals surface area contributed by atoms with Crippen molar-refractivity contribution in [2.75, 3.05) is 0 Å². The molecule has 0 saturated heterocycles. The fourth-order valence-corrected chi connectivity index (χ4v) is 2.72. The van der Waals surface area contributed by atoms with E-state index in [1.807, 2.05) is 0 Å². The topological polar surface area (TPSA) is 99.3 Å². The number of hydrogen-bond donors (Lipinski definition) is 3. The molecule has 1 heterocycles. The normalized spacial score (nSPS) is 18.2. The average Bonchev–Trinajstić information content (AvgIpc) is 2.87. The highest BCUT2D eigenvalue weighted by Gasteiger charge is 2.39. The number of sulfonamides is 1. The summed E-state index contributed by atoms with van der Waals surface area (Å²) in [5, 5.41) is 8.91. The number of hydrogen-bond acceptors (Lipinski definition) is 3. The molecule has 1 unspecified atom stereocenters. The van der Waals surface area contributed by atoms with Crippen LogP contribution >= 0.6 is 0 Å². The highest BCUT2D eigenvalue weighted by atomic mass is 32.2. The molecule has 88 valence electrons. The summed E-state index contributed by atoms with van der Waals surface area (Å²) in [6, 6.07) is 0.369. The molecule has 1 saturated carbocycles. The minimum Gasteiger partial charge on any atom is -0.480 e. The molecule has 0 aromatic carbocycles. The van der Waals surface area contributed by atoms with Crippen molar-refractivity contribution in [3.63, 3.8) is 0 Å². The molecule has 0 radical (unpaired) electrons. The van der Waals surface area contributed by atoms with Gasteiger partial charge in [0.25, 0.3) is 0 Å². The molecule has 7 heteroatoms. The molecule has 0 bridgehead atoms. The Labute approximate surface area is 92.7 Å². The lowest BCUT2D eigenvalue weighted by molar-refractivity contribution is -0.139. The summed E-state index contributed by atoms with van der Waals surface area (Å²) in [5.41, 5.74) is 0. The first-order valence-electron chi connectivity index (χ1n) is 4.88. The highest BCUT2D eigenvalue weighted by molar-refractivity contribution is 7.89. The Morgan fingerprint density at radius 1 is 1.56 bits per heavy atom. The number of carbonyl (C=O) groups is 1. The second-order valence-corrected chi connectivity index (χ2v) is 5.54. The largest absolute Gasteiger partial charge is 0.480 e. The minimum atomic E-state index is -3.73. The molecule has 1 atom stereocenters. The SMILES string of the molecule is O=C(O)C(NS(=O)(=O)c1cc[nH]c1)C1CC1. The van der Waals surface area contributed by atoms with Crippen LogP contribution in [0, 0.1) is 5.92 Å². The number of H-pyrrole nitrogens is 1. The van der Waals surface area contributed by atoms with E-state index in [4.69, 9.17) is 5.11 Å². The van der Waals surface area contributed by atoms with Crippen molar-refractivity contribution in [2.24, 2.45) is 5.92 Å². The summed E-state index contributed by atoms with van der Waals surface area (Å²) in [6.45, 7) is 0. The van der Waals surface area contributed by atoms with Crippen molar-refractivity contribution < 1.29 is 18.3 Å². The number of rotatable bonds is 5. The molecule has 2 rings (SSSR count). The maximum Gasteiger partial charge on any atom is 0.322 e. The maximum atomic E-state index is 11.7. The molecule has 1 aromatic rings. The summed E-state index contributed by atoms with van der Waals surface area (Å²) < 4.78 is 25.7. The molecule has 1 aliphatic carbocycles. The molecule has 1 fully saturated rings. The van der Waals surface area contributed by atoms with Crippen LogP contribution in [-0.2, 0) is 14.8 Å². The van der Waals surface area contributed by atoms with Crippen molar-refractivity contribution in [3.8, 4) is 0 Å². The smallest absolute Gasteiger partial charge is 0.322 e. The molecular formula is C9H12N2O4S. The van der Waals surface area contributed by atoms with E-state index >= 15 is 0 Å². The number of carboxylic acids is 1. The fraction of sp³-hybridized carbons (Fsp3) is 0.444. The van der Waals surface area contributed by atoms with Gasteiger partial charge in [-0.15, -0.1) is 0 Å². The van der Waals surface area contributed by atoms with Gasteiger partial charge in [-0.1, -0.05) is 0 Å². The molecule has 16 heavy (non-hydrogen) atoms. The molecule has 1 aliphatic rings. The van der Waals surface area contributed by atoms with E-state index in [1.165, 1.54) is 18.5 Å². The van der Waals surface area contributed by atoms with Crippen molar-refractivity contribution in [1.82, 2.24) is 9.71 Å². The lowest BCUT2D eigenvalue weighted by Crippen LogP contribution is -2.42. The lowest BCUT2D eigenvalue weighted by atomic mass is 10.2. The van der Waals surface area contributed by atoms with Gasteiger partial charge in [-0.3, -0.25) is 4.79 Å². The predicted octanol–water partition coefficient (Wildman–Crippen LogP) is 0.156. The third kappa shape index (κ3) is 2.25. The molecule has 0 amide bonds. The van der Waals surface area contributed by atoms with Crippen LogP contribution in [0.1, 0.15) is 12.8 Å². The van der Waals surface area contributed by atoms with Crippen LogP contribution in [0.2, 0.25) is 0 Å². The van der Waals surface area contributed by atoms with Gasteiger partial charge in [0.15, 0.2) is 0 Å². The van der Waals surface area contributed by atoms with Gasteiger partial charge in [0.2, 0.25) is 10.0 Å². The Morgan fingerprint density at radius 3 is 2.69 bits per heavy atom. The van der Waals surface area contributed by atoms with Gasteiger partial charge in [0.1, 0.15) is 6.04 Å².